The Morgan fingerprint density at radius 1 is 1.11 bits per heavy atom. The van der Waals surface area contributed by atoms with Crippen molar-refractivity contribution in [2.75, 3.05) is 0 Å². The Balaban J connectivity index is 2.03. The van der Waals surface area contributed by atoms with E-state index in [9.17, 15) is 10.1 Å². The molecule has 1 fully saturated rings. The third-order valence-electron chi connectivity index (χ3n) is 5.62. The largest absolute Gasteiger partial charge is 0.437 e. The number of halogens is 2. The summed E-state index contributed by atoms with van der Waals surface area (Å²) in [7, 11) is 0. The van der Waals surface area contributed by atoms with Gasteiger partial charge in [0.15, 0.2) is 6.07 Å². The number of carbonyl (C=O) groups is 1. The number of nitriles is 1. The molecule has 144 valence electrons. The van der Waals surface area contributed by atoms with Crippen LogP contribution in [0.15, 0.2) is 73.3 Å². The van der Waals surface area contributed by atoms with E-state index in [0.29, 0.717) is 11.3 Å². The second kappa shape index (κ2) is 7.06. The average Bonchev–Trinajstić information content (AvgIpc) is 3.08. The summed E-state index contributed by atoms with van der Waals surface area (Å²) in [6.07, 6.45) is 1.70. The number of benzene rings is 2. The second-order valence-corrected chi connectivity index (χ2v) is 10.4. The Bertz CT molecular complexity index is 941. The maximum atomic E-state index is 13.3. The van der Waals surface area contributed by atoms with Crippen molar-refractivity contribution in [1.82, 2.24) is 0 Å². The molecule has 0 N–H and O–H groups in total. The van der Waals surface area contributed by atoms with Gasteiger partial charge in [-0.15, -0.1) is 6.58 Å². The molecule has 1 aliphatic rings. The molecule has 28 heavy (non-hydrogen) atoms. The van der Waals surface area contributed by atoms with Gasteiger partial charge < -0.3 is 9.47 Å². The van der Waals surface area contributed by atoms with Gasteiger partial charge in [-0.1, -0.05) is 93.4 Å². The van der Waals surface area contributed by atoms with Gasteiger partial charge in [0, 0.05) is 5.41 Å². The van der Waals surface area contributed by atoms with Crippen LogP contribution in [-0.2, 0) is 15.3 Å². The summed E-state index contributed by atoms with van der Waals surface area (Å²) < 4.78 is 11.0. The topological polar surface area (TPSA) is 59.3 Å². The number of hydrogen-bond donors (Lipinski definition) is 0. The fourth-order valence-electron chi connectivity index (χ4n) is 3.29. The predicted molar refractivity (Wildman–Crippen MR) is 114 cm³/mol. The first-order valence-corrected chi connectivity index (χ1v) is 10.2. The first-order chi connectivity index (χ1) is 13.2. The van der Waals surface area contributed by atoms with Crippen molar-refractivity contribution in [3.63, 3.8) is 0 Å². The fraction of sp³-hybridized carbons (Fsp3) is 0.273. The summed E-state index contributed by atoms with van der Waals surface area (Å²) in [6.45, 7) is 7.49. The quantitative estimate of drug-likeness (QED) is 0.219. The lowest BCUT2D eigenvalue weighted by atomic mass is 9.96. The standard InChI is InChI=1S/C22H19Br2NO3/c1-4-19(2)20(3,22(19,23)24)18(26)28-21(15-25,16-11-7-5-8-12-16)27-17-13-9-6-10-14-17/h4-14H,1H2,2-3H3. The van der Waals surface area contributed by atoms with Gasteiger partial charge in [0.25, 0.3) is 0 Å². The van der Waals surface area contributed by atoms with Crippen molar-refractivity contribution < 1.29 is 14.3 Å². The Morgan fingerprint density at radius 2 is 1.64 bits per heavy atom. The van der Waals surface area contributed by atoms with Gasteiger partial charge in [-0.2, -0.15) is 5.26 Å². The summed E-state index contributed by atoms with van der Waals surface area (Å²) in [5, 5.41) is 10.0. The fourth-order valence-corrected chi connectivity index (χ4v) is 5.36. The second-order valence-electron chi connectivity index (χ2n) is 7.00. The summed E-state index contributed by atoms with van der Waals surface area (Å²) in [5.41, 5.74) is -1.17. The summed E-state index contributed by atoms with van der Waals surface area (Å²) in [4.78, 5) is 13.3. The highest BCUT2D eigenvalue weighted by molar-refractivity contribution is 9.25. The minimum Gasteiger partial charge on any atom is -0.437 e. The number of esters is 1. The van der Waals surface area contributed by atoms with Crippen LogP contribution >= 0.6 is 31.9 Å². The molecule has 3 unspecified atom stereocenters. The van der Waals surface area contributed by atoms with Crippen LogP contribution in [0, 0.1) is 22.2 Å². The maximum absolute atomic E-state index is 13.3. The van der Waals surface area contributed by atoms with Crippen LogP contribution in [0.3, 0.4) is 0 Å². The van der Waals surface area contributed by atoms with Crippen LogP contribution in [0.2, 0.25) is 0 Å². The van der Waals surface area contributed by atoms with Crippen molar-refractivity contribution >= 4 is 37.8 Å². The van der Waals surface area contributed by atoms with E-state index in [1.165, 1.54) is 0 Å². The molecule has 0 amide bonds. The Hall–Kier alpha value is -2.10. The number of ether oxygens (including phenoxy) is 2. The molecule has 0 heterocycles. The van der Waals surface area contributed by atoms with Gasteiger partial charge in [-0.25, -0.2) is 0 Å². The maximum Gasteiger partial charge on any atom is 0.372 e. The molecular weight excluding hydrogens is 486 g/mol. The first-order valence-electron chi connectivity index (χ1n) is 8.64. The van der Waals surface area contributed by atoms with E-state index >= 15 is 0 Å². The zero-order valence-electron chi connectivity index (χ0n) is 15.5. The molecule has 0 radical (unpaired) electrons. The van der Waals surface area contributed by atoms with Crippen LogP contribution < -0.4 is 4.74 Å². The van der Waals surface area contributed by atoms with E-state index in [0.717, 1.165) is 0 Å². The van der Waals surface area contributed by atoms with Crippen molar-refractivity contribution in [3.05, 3.63) is 78.9 Å². The molecule has 2 aromatic carbocycles. The molecule has 0 saturated heterocycles. The van der Waals surface area contributed by atoms with E-state index < -0.39 is 25.8 Å². The summed E-state index contributed by atoms with van der Waals surface area (Å²) >= 11 is 7.13. The Kier molecular flexibility index (Phi) is 5.20. The highest BCUT2D eigenvalue weighted by atomic mass is 79.9. The normalized spacial score (nSPS) is 27.0. The van der Waals surface area contributed by atoms with Crippen LogP contribution in [0.4, 0.5) is 0 Å². The molecule has 6 heteroatoms. The molecule has 0 aliphatic heterocycles. The van der Waals surface area contributed by atoms with Gasteiger partial charge in [0.2, 0.25) is 0 Å². The number of allylic oxidation sites excluding steroid dienone is 1. The third kappa shape index (κ3) is 2.80. The molecule has 0 spiro atoms. The Labute approximate surface area is 181 Å². The number of hydrogen-bond acceptors (Lipinski definition) is 4. The van der Waals surface area contributed by atoms with Crippen LogP contribution in [-0.4, -0.2) is 9.20 Å². The van der Waals surface area contributed by atoms with E-state index in [1.807, 2.05) is 19.1 Å². The zero-order valence-corrected chi connectivity index (χ0v) is 18.7. The number of alkyl halides is 2. The lowest BCUT2D eigenvalue weighted by Crippen LogP contribution is -2.40. The van der Waals surface area contributed by atoms with Gasteiger partial charge >= 0.3 is 11.8 Å². The lowest BCUT2D eigenvalue weighted by molar-refractivity contribution is -0.190. The van der Waals surface area contributed by atoms with Gasteiger partial charge in [-0.3, -0.25) is 4.79 Å². The van der Waals surface area contributed by atoms with E-state index in [1.54, 1.807) is 61.5 Å². The zero-order chi connectivity index (χ0) is 20.6. The van der Waals surface area contributed by atoms with Crippen LogP contribution in [0.5, 0.6) is 5.75 Å². The molecule has 3 rings (SSSR count). The molecule has 1 saturated carbocycles. The molecule has 0 bridgehead atoms. The highest BCUT2D eigenvalue weighted by Crippen LogP contribution is 2.80. The van der Waals surface area contributed by atoms with Crippen LogP contribution in [0.1, 0.15) is 19.4 Å². The minimum atomic E-state index is -1.93. The van der Waals surface area contributed by atoms with Crippen molar-refractivity contribution in [2.45, 2.75) is 22.9 Å². The minimum absolute atomic E-state index is 0.414. The third-order valence-corrected chi connectivity index (χ3v) is 8.85. The van der Waals surface area contributed by atoms with Gasteiger partial charge in [-0.05, 0) is 19.1 Å². The molecule has 4 nitrogen and oxygen atoms in total. The number of carbonyl (C=O) groups excluding carboxylic acids is 1. The molecular formula is C22H19Br2NO3. The van der Waals surface area contributed by atoms with Crippen LogP contribution in [0.25, 0.3) is 0 Å². The molecule has 1 aliphatic carbocycles. The monoisotopic (exact) mass is 503 g/mol. The summed E-state index contributed by atoms with van der Waals surface area (Å²) in [5.74, 6) is -2.09. The van der Waals surface area contributed by atoms with E-state index in [-0.39, 0.29) is 0 Å². The summed E-state index contributed by atoms with van der Waals surface area (Å²) in [6, 6.07) is 19.6. The Morgan fingerprint density at radius 3 is 2.11 bits per heavy atom. The van der Waals surface area contributed by atoms with E-state index in [2.05, 4.69) is 44.5 Å². The number of nitrogens with zero attached hydrogens (tertiary/aromatic N) is 1. The molecule has 2 aromatic rings. The van der Waals surface area contributed by atoms with E-state index in [4.69, 9.17) is 9.47 Å². The van der Waals surface area contributed by atoms with Gasteiger partial charge in [0.1, 0.15) is 14.4 Å². The van der Waals surface area contributed by atoms with Gasteiger partial charge in [0.05, 0.1) is 5.56 Å². The van der Waals surface area contributed by atoms with Crippen molar-refractivity contribution in [2.24, 2.45) is 10.8 Å². The lowest BCUT2D eigenvalue weighted by Gasteiger charge is -2.29. The molecule has 3 atom stereocenters. The first kappa shape index (κ1) is 20.6. The highest BCUT2D eigenvalue weighted by Gasteiger charge is 2.84. The average molecular weight is 505 g/mol. The van der Waals surface area contributed by atoms with Crippen molar-refractivity contribution in [3.8, 4) is 11.8 Å². The SMILES string of the molecule is C=CC1(C)C(Br)(Br)C1(C)C(=O)OC(C#N)(Oc1ccccc1)c1ccccc1. The molecule has 0 aromatic heterocycles. The number of para-hydroxylation sites is 1. The predicted octanol–water partition coefficient (Wildman–Crippen LogP) is 5.68. The smallest absolute Gasteiger partial charge is 0.372 e. The number of rotatable bonds is 6. The van der Waals surface area contributed by atoms with Crippen molar-refractivity contribution in [1.29, 1.82) is 5.26 Å².